The van der Waals surface area contributed by atoms with Gasteiger partial charge in [0.2, 0.25) is 0 Å². The smallest absolute Gasteiger partial charge is 0.268 e. The quantitative estimate of drug-likeness (QED) is 0.520. The maximum atomic E-state index is 14.4. The van der Waals surface area contributed by atoms with Gasteiger partial charge in [-0.1, -0.05) is 35.9 Å². The van der Waals surface area contributed by atoms with E-state index in [0.717, 1.165) is 5.56 Å². The number of hydrogen-bond acceptors (Lipinski definition) is 4. The van der Waals surface area contributed by atoms with Crippen LogP contribution < -0.4 is 9.64 Å². The molecule has 1 atom stereocenters. The van der Waals surface area contributed by atoms with E-state index in [2.05, 4.69) is 0 Å². The highest BCUT2D eigenvalue weighted by molar-refractivity contribution is 8.01. The summed E-state index contributed by atoms with van der Waals surface area (Å²) in [6.07, 6.45) is 0. The van der Waals surface area contributed by atoms with Gasteiger partial charge in [0.25, 0.3) is 11.8 Å². The van der Waals surface area contributed by atoms with Gasteiger partial charge in [-0.3, -0.25) is 9.59 Å². The Hall–Kier alpha value is -3.03. The molecule has 2 aliphatic rings. The van der Waals surface area contributed by atoms with Crippen molar-refractivity contribution in [3.8, 4) is 5.75 Å². The zero-order valence-electron chi connectivity index (χ0n) is 17.8. The average Bonchev–Trinajstić information content (AvgIpc) is 3.37. The second-order valence-electron chi connectivity index (χ2n) is 7.83. The van der Waals surface area contributed by atoms with Crippen LogP contribution in [0.15, 0.2) is 66.7 Å². The van der Waals surface area contributed by atoms with E-state index in [4.69, 9.17) is 16.3 Å². The molecular formula is C25H20ClFN2O3S. The zero-order chi connectivity index (χ0) is 23.2. The largest absolute Gasteiger partial charge is 0.497 e. The molecule has 0 radical (unpaired) electrons. The molecule has 2 aliphatic heterocycles. The lowest BCUT2D eigenvalue weighted by atomic mass is 10.0. The van der Waals surface area contributed by atoms with Crippen LogP contribution in [0.5, 0.6) is 5.75 Å². The van der Waals surface area contributed by atoms with E-state index in [1.165, 1.54) is 31.0 Å². The van der Waals surface area contributed by atoms with E-state index < -0.39 is 10.7 Å². The van der Waals surface area contributed by atoms with Crippen LogP contribution in [0.4, 0.5) is 10.1 Å². The van der Waals surface area contributed by atoms with Crippen molar-refractivity contribution in [1.82, 2.24) is 4.90 Å². The zero-order valence-corrected chi connectivity index (χ0v) is 19.3. The summed E-state index contributed by atoms with van der Waals surface area (Å²) in [4.78, 5) is 29.4. The fourth-order valence-electron chi connectivity index (χ4n) is 4.45. The monoisotopic (exact) mass is 482 g/mol. The lowest BCUT2D eigenvalue weighted by Gasteiger charge is -2.33. The Morgan fingerprint density at radius 2 is 1.97 bits per heavy atom. The molecule has 5 nitrogen and oxygen atoms in total. The van der Waals surface area contributed by atoms with Gasteiger partial charge in [0.15, 0.2) is 4.87 Å². The number of methoxy groups -OCH3 is 1. The third kappa shape index (κ3) is 3.47. The first-order valence-electron chi connectivity index (χ1n) is 10.4. The van der Waals surface area contributed by atoms with Crippen LogP contribution in [-0.2, 0) is 16.2 Å². The average molecular weight is 483 g/mol. The first-order chi connectivity index (χ1) is 16.0. The number of ether oxygens (including phenoxy) is 1. The number of anilines is 1. The van der Waals surface area contributed by atoms with Crippen LogP contribution in [0, 0.1) is 5.82 Å². The normalized spacial score (nSPS) is 19.3. The molecule has 3 aromatic carbocycles. The summed E-state index contributed by atoms with van der Waals surface area (Å²) in [7, 11) is 1.53. The van der Waals surface area contributed by atoms with Crippen LogP contribution in [0.1, 0.15) is 21.5 Å². The fourth-order valence-corrected chi connectivity index (χ4v) is 6.10. The molecule has 2 heterocycles. The van der Waals surface area contributed by atoms with Crippen LogP contribution in [0.2, 0.25) is 5.02 Å². The van der Waals surface area contributed by atoms with Gasteiger partial charge in [0.05, 0.1) is 19.3 Å². The van der Waals surface area contributed by atoms with Crippen LogP contribution in [0.25, 0.3) is 0 Å². The number of nitrogens with zero attached hydrogens (tertiary/aromatic N) is 2. The van der Waals surface area contributed by atoms with Crippen molar-refractivity contribution in [2.45, 2.75) is 11.4 Å². The van der Waals surface area contributed by atoms with Gasteiger partial charge in [-0.05, 0) is 48.0 Å². The van der Waals surface area contributed by atoms with E-state index in [1.54, 1.807) is 46.2 Å². The summed E-state index contributed by atoms with van der Waals surface area (Å²) >= 11 is 7.72. The number of benzene rings is 3. The lowest BCUT2D eigenvalue weighted by molar-refractivity contribution is -0.123. The van der Waals surface area contributed by atoms with Crippen molar-refractivity contribution in [1.29, 1.82) is 0 Å². The molecule has 0 aromatic heterocycles. The van der Waals surface area contributed by atoms with Crippen molar-refractivity contribution in [3.63, 3.8) is 0 Å². The van der Waals surface area contributed by atoms with E-state index in [0.29, 0.717) is 39.9 Å². The highest BCUT2D eigenvalue weighted by atomic mass is 35.5. The molecular weight excluding hydrogens is 463 g/mol. The molecule has 0 N–H and O–H groups in total. The van der Waals surface area contributed by atoms with E-state index in [9.17, 15) is 14.0 Å². The van der Waals surface area contributed by atoms with Gasteiger partial charge in [0, 0.05) is 28.4 Å². The molecule has 0 unspecified atom stereocenters. The SMILES string of the molecule is COc1cccc(C(=O)N2CCS[C@@]23C(=O)N(Cc2ccccc2Cl)c2ccc(F)cc23)c1. The molecule has 1 fully saturated rings. The maximum Gasteiger partial charge on any atom is 0.268 e. The minimum Gasteiger partial charge on any atom is -0.497 e. The predicted octanol–water partition coefficient (Wildman–Crippen LogP) is 5.08. The Morgan fingerprint density at radius 3 is 2.76 bits per heavy atom. The number of amides is 2. The summed E-state index contributed by atoms with van der Waals surface area (Å²) in [6, 6.07) is 18.4. The molecule has 3 aromatic rings. The van der Waals surface area contributed by atoms with E-state index in [-0.39, 0.29) is 18.4 Å². The Balaban J connectivity index is 1.60. The van der Waals surface area contributed by atoms with Gasteiger partial charge < -0.3 is 14.5 Å². The molecule has 1 saturated heterocycles. The number of carbonyl (C=O) groups is 2. The third-order valence-electron chi connectivity index (χ3n) is 6.00. The van der Waals surface area contributed by atoms with Crippen molar-refractivity contribution >= 4 is 40.9 Å². The second kappa shape index (κ2) is 8.39. The Labute approximate surface area is 200 Å². The van der Waals surface area contributed by atoms with Gasteiger partial charge in [-0.25, -0.2) is 4.39 Å². The Bertz CT molecular complexity index is 1270. The topological polar surface area (TPSA) is 49.9 Å². The second-order valence-corrected chi connectivity index (χ2v) is 9.52. The minimum atomic E-state index is -1.33. The number of carbonyl (C=O) groups excluding carboxylic acids is 2. The van der Waals surface area contributed by atoms with Gasteiger partial charge in [0.1, 0.15) is 11.6 Å². The Kier molecular flexibility index (Phi) is 5.54. The minimum absolute atomic E-state index is 0.223. The maximum absolute atomic E-state index is 14.4. The highest BCUT2D eigenvalue weighted by Gasteiger charge is 2.59. The van der Waals surface area contributed by atoms with Crippen molar-refractivity contribution in [2.75, 3.05) is 24.3 Å². The standard InChI is InChI=1S/C25H20ClFN2O3S/c1-32-19-7-4-6-16(13-19)23(30)29-11-12-33-25(29)20-14-18(27)9-10-22(20)28(24(25)31)15-17-5-2-3-8-21(17)26/h2-10,13-14H,11-12,15H2,1H3/t25-/m0/s1. The molecule has 0 aliphatic carbocycles. The first-order valence-corrected chi connectivity index (χ1v) is 11.8. The van der Waals surface area contributed by atoms with Gasteiger partial charge in [-0.2, -0.15) is 0 Å². The Morgan fingerprint density at radius 1 is 1.15 bits per heavy atom. The molecule has 1 spiro atoms. The number of rotatable bonds is 4. The summed E-state index contributed by atoms with van der Waals surface area (Å²) in [5.41, 5.74) is 2.25. The predicted molar refractivity (Wildman–Crippen MR) is 127 cm³/mol. The summed E-state index contributed by atoms with van der Waals surface area (Å²) in [6.45, 7) is 0.586. The van der Waals surface area contributed by atoms with Crippen LogP contribution in [-0.4, -0.2) is 36.1 Å². The van der Waals surface area contributed by atoms with E-state index in [1.807, 2.05) is 18.2 Å². The third-order valence-corrected chi connectivity index (χ3v) is 7.79. The van der Waals surface area contributed by atoms with Gasteiger partial charge >= 0.3 is 0 Å². The number of fused-ring (bicyclic) bond motifs is 2. The molecule has 0 bridgehead atoms. The van der Waals surface area contributed by atoms with E-state index >= 15 is 0 Å². The van der Waals surface area contributed by atoms with Gasteiger partial charge in [-0.15, -0.1) is 11.8 Å². The summed E-state index contributed by atoms with van der Waals surface area (Å²) in [5.74, 6) is 0.0639. The summed E-state index contributed by atoms with van der Waals surface area (Å²) < 4.78 is 19.7. The number of halogens is 2. The molecule has 33 heavy (non-hydrogen) atoms. The van der Waals surface area contributed by atoms with Crippen LogP contribution >= 0.6 is 23.4 Å². The molecule has 5 rings (SSSR count). The molecule has 2 amide bonds. The molecule has 168 valence electrons. The number of hydrogen-bond donors (Lipinski definition) is 0. The van der Waals surface area contributed by atoms with Crippen LogP contribution in [0.3, 0.4) is 0 Å². The highest BCUT2D eigenvalue weighted by Crippen LogP contribution is 2.55. The van der Waals surface area contributed by atoms with Crippen molar-refractivity contribution < 1.29 is 18.7 Å². The molecule has 8 heteroatoms. The van der Waals surface area contributed by atoms with Crippen molar-refractivity contribution in [3.05, 3.63) is 94.3 Å². The van der Waals surface area contributed by atoms with Crippen molar-refractivity contribution in [2.24, 2.45) is 0 Å². The number of thioether (sulfide) groups is 1. The molecule has 0 saturated carbocycles. The fraction of sp³-hybridized carbons (Fsp3) is 0.200. The first kappa shape index (κ1) is 21.8. The summed E-state index contributed by atoms with van der Waals surface area (Å²) in [5, 5.41) is 0.540. The lowest BCUT2D eigenvalue weighted by Crippen LogP contribution is -2.50.